The molecule has 2 aromatic carbocycles. The van der Waals surface area contributed by atoms with Crippen molar-refractivity contribution < 1.29 is 14.4 Å². The van der Waals surface area contributed by atoms with Crippen LogP contribution in [-0.2, 0) is 0 Å². The van der Waals surface area contributed by atoms with E-state index >= 15 is 0 Å². The molecule has 1 atom stereocenters. The maximum absolute atomic E-state index is 11.0. The number of non-ortho nitro benzene ring substituents is 1. The normalized spacial score (nSPS) is 15.0. The highest BCUT2D eigenvalue weighted by Crippen LogP contribution is 2.45. The number of nitrogens with zero attached hydrogens (tertiary/aromatic N) is 3. The molecule has 0 spiro atoms. The molecule has 1 aliphatic rings. The lowest BCUT2D eigenvalue weighted by molar-refractivity contribution is -0.384. The number of H-pyrrole nitrogens is 1. The number of allylic oxidation sites excluding steroid dienone is 1. The maximum atomic E-state index is 11.0. The van der Waals surface area contributed by atoms with Gasteiger partial charge in [-0.15, -0.1) is 5.10 Å². The lowest BCUT2D eigenvalue weighted by Crippen LogP contribution is -2.21. The smallest absolute Gasteiger partial charge is 0.269 e. The molecule has 0 amide bonds. The van der Waals surface area contributed by atoms with Crippen molar-refractivity contribution >= 4 is 5.69 Å². The predicted octanol–water partition coefficient (Wildman–Crippen LogP) is 3.99. The zero-order valence-electron chi connectivity index (χ0n) is 16.7. The van der Waals surface area contributed by atoms with E-state index in [1.807, 2.05) is 31.2 Å². The van der Waals surface area contributed by atoms with Gasteiger partial charge in [-0.05, 0) is 36.2 Å². The number of rotatable bonds is 6. The van der Waals surface area contributed by atoms with Crippen molar-refractivity contribution in [2.45, 2.75) is 19.3 Å². The Morgan fingerprint density at radius 2 is 1.97 bits per heavy atom. The van der Waals surface area contributed by atoms with Gasteiger partial charge in [-0.2, -0.15) is 5.26 Å². The van der Waals surface area contributed by atoms with Crippen LogP contribution in [0.5, 0.6) is 11.6 Å². The number of benzene rings is 2. The Morgan fingerprint density at radius 1 is 1.26 bits per heavy atom. The zero-order chi connectivity index (χ0) is 22.0. The number of hydrogen-bond donors (Lipinski definition) is 2. The number of ether oxygens (including phenoxy) is 2. The lowest BCUT2D eigenvalue weighted by Gasteiger charge is -2.24. The minimum absolute atomic E-state index is 0.0402. The highest BCUT2D eigenvalue weighted by atomic mass is 16.6. The Bertz CT molecular complexity index is 1190. The molecule has 3 aromatic rings. The van der Waals surface area contributed by atoms with Crippen LogP contribution in [0.25, 0.3) is 11.3 Å². The molecule has 1 aliphatic heterocycles. The van der Waals surface area contributed by atoms with E-state index in [2.05, 4.69) is 16.3 Å². The van der Waals surface area contributed by atoms with E-state index in [4.69, 9.17) is 15.2 Å². The molecule has 9 nitrogen and oxygen atoms in total. The van der Waals surface area contributed by atoms with Gasteiger partial charge in [-0.3, -0.25) is 15.2 Å². The number of aromatic amines is 1. The van der Waals surface area contributed by atoms with Crippen LogP contribution in [0.1, 0.15) is 30.4 Å². The molecule has 1 aromatic heterocycles. The first kappa shape index (κ1) is 20.0. The Morgan fingerprint density at radius 3 is 2.58 bits per heavy atom. The molecule has 0 aliphatic carbocycles. The van der Waals surface area contributed by atoms with E-state index in [0.29, 0.717) is 23.4 Å². The fourth-order valence-electron chi connectivity index (χ4n) is 3.52. The number of aromatic nitrogens is 2. The van der Waals surface area contributed by atoms with Crippen molar-refractivity contribution in [3.8, 4) is 29.0 Å². The molecule has 0 saturated carbocycles. The van der Waals surface area contributed by atoms with Crippen molar-refractivity contribution in [3.05, 3.63) is 81.2 Å². The summed E-state index contributed by atoms with van der Waals surface area (Å²) in [7, 11) is 0. The SMILES string of the molecule is CCCOc1ccc(-c2[nH]nc3c2[C@H](c2ccc([N+](=O)[O-])cc2)C(C#N)=C(N)O3)cc1. The second-order valence-corrected chi connectivity index (χ2v) is 6.96. The maximum Gasteiger partial charge on any atom is 0.269 e. The topological polar surface area (TPSA) is 140 Å². The summed E-state index contributed by atoms with van der Waals surface area (Å²) in [6.07, 6.45) is 0.911. The van der Waals surface area contributed by atoms with Crippen LogP contribution in [0.2, 0.25) is 0 Å². The summed E-state index contributed by atoms with van der Waals surface area (Å²) >= 11 is 0. The molecule has 31 heavy (non-hydrogen) atoms. The second kappa shape index (κ2) is 8.20. The van der Waals surface area contributed by atoms with E-state index in [0.717, 1.165) is 17.7 Å². The van der Waals surface area contributed by atoms with Gasteiger partial charge in [0.05, 0.1) is 28.7 Å². The summed E-state index contributed by atoms with van der Waals surface area (Å²) in [6, 6.07) is 15.6. The summed E-state index contributed by atoms with van der Waals surface area (Å²) in [5, 5.41) is 28.0. The zero-order valence-corrected chi connectivity index (χ0v) is 16.7. The van der Waals surface area contributed by atoms with E-state index in [-0.39, 0.29) is 23.0 Å². The number of nitrogens with two attached hydrogens (primary N) is 1. The number of nitrogens with one attached hydrogen (secondary N) is 1. The third kappa shape index (κ3) is 3.67. The quantitative estimate of drug-likeness (QED) is 0.456. The average Bonchev–Trinajstić information content (AvgIpc) is 3.20. The summed E-state index contributed by atoms with van der Waals surface area (Å²) < 4.78 is 11.2. The molecule has 156 valence electrons. The van der Waals surface area contributed by atoms with Crippen LogP contribution in [-0.4, -0.2) is 21.7 Å². The van der Waals surface area contributed by atoms with Crippen molar-refractivity contribution in [2.75, 3.05) is 6.61 Å². The molecule has 3 N–H and O–H groups in total. The fraction of sp³-hybridized carbons (Fsp3) is 0.182. The van der Waals surface area contributed by atoms with Crippen molar-refractivity contribution in [2.24, 2.45) is 5.73 Å². The van der Waals surface area contributed by atoms with Crippen LogP contribution >= 0.6 is 0 Å². The summed E-state index contributed by atoms with van der Waals surface area (Å²) in [6.45, 7) is 2.67. The minimum Gasteiger partial charge on any atom is -0.494 e. The molecular formula is C22H19N5O4. The van der Waals surface area contributed by atoms with Gasteiger partial charge in [0.2, 0.25) is 11.8 Å². The van der Waals surface area contributed by atoms with Crippen LogP contribution in [0.3, 0.4) is 0 Å². The number of nitro groups is 1. The Hall–Kier alpha value is -4.32. The summed E-state index contributed by atoms with van der Waals surface area (Å²) in [5.41, 5.74) is 8.95. The lowest BCUT2D eigenvalue weighted by atomic mass is 9.83. The third-order valence-corrected chi connectivity index (χ3v) is 4.99. The second-order valence-electron chi connectivity index (χ2n) is 6.96. The molecule has 0 fully saturated rings. The van der Waals surface area contributed by atoms with Gasteiger partial charge in [-0.25, -0.2) is 0 Å². The highest BCUT2D eigenvalue weighted by Gasteiger charge is 2.35. The standard InChI is InChI=1S/C22H19N5O4/c1-2-11-30-16-9-5-14(6-10-16)20-19-18(13-3-7-15(8-4-13)27(28)29)17(12-23)21(24)31-22(19)26-25-20/h3-10,18H,2,11,24H2,1H3,(H,25,26)/t18-/m1/s1. The van der Waals surface area contributed by atoms with Crippen LogP contribution in [0.4, 0.5) is 5.69 Å². The Labute approximate surface area is 177 Å². The Kier molecular flexibility index (Phi) is 5.28. The van der Waals surface area contributed by atoms with Gasteiger partial charge in [0.1, 0.15) is 17.4 Å². The van der Waals surface area contributed by atoms with Gasteiger partial charge in [-0.1, -0.05) is 19.1 Å². The van der Waals surface area contributed by atoms with E-state index in [1.165, 1.54) is 12.1 Å². The van der Waals surface area contributed by atoms with Gasteiger partial charge in [0.25, 0.3) is 5.69 Å². The van der Waals surface area contributed by atoms with Gasteiger partial charge >= 0.3 is 0 Å². The van der Waals surface area contributed by atoms with Gasteiger partial charge in [0, 0.05) is 17.7 Å². The summed E-state index contributed by atoms with van der Waals surface area (Å²) in [4.78, 5) is 10.6. The predicted molar refractivity (Wildman–Crippen MR) is 112 cm³/mol. The first-order chi connectivity index (χ1) is 15.0. The van der Waals surface area contributed by atoms with Gasteiger partial charge < -0.3 is 15.2 Å². The van der Waals surface area contributed by atoms with Gasteiger partial charge in [0.15, 0.2) is 0 Å². The number of nitriles is 1. The molecule has 2 heterocycles. The van der Waals surface area contributed by atoms with E-state index in [9.17, 15) is 15.4 Å². The van der Waals surface area contributed by atoms with Crippen molar-refractivity contribution in [3.63, 3.8) is 0 Å². The number of nitro benzene ring substituents is 1. The number of fused-ring (bicyclic) bond motifs is 1. The van der Waals surface area contributed by atoms with Crippen LogP contribution < -0.4 is 15.2 Å². The highest BCUT2D eigenvalue weighted by molar-refractivity contribution is 5.71. The monoisotopic (exact) mass is 417 g/mol. The number of hydrogen-bond acceptors (Lipinski definition) is 7. The molecule has 9 heteroatoms. The third-order valence-electron chi connectivity index (χ3n) is 4.99. The first-order valence-corrected chi connectivity index (χ1v) is 9.67. The van der Waals surface area contributed by atoms with E-state index in [1.54, 1.807) is 12.1 Å². The molecule has 0 saturated heterocycles. The molecule has 0 radical (unpaired) electrons. The van der Waals surface area contributed by atoms with E-state index < -0.39 is 10.8 Å². The van der Waals surface area contributed by atoms with Crippen molar-refractivity contribution in [1.82, 2.24) is 10.2 Å². The van der Waals surface area contributed by atoms with Crippen LogP contribution in [0.15, 0.2) is 60.0 Å². The largest absolute Gasteiger partial charge is 0.494 e. The van der Waals surface area contributed by atoms with Crippen LogP contribution in [0, 0.1) is 21.4 Å². The Balaban J connectivity index is 1.80. The first-order valence-electron chi connectivity index (χ1n) is 9.67. The van der Waals surface area contributed by atoms with Crippen molar-refractivity contribution in [1.29, 1.82) is 5.26 Å². The fourth-order valence-corrected chi connectivity index (χ4v) is 3.52. The molecule has 0 unspecified atom stereocenters. The summed E-state index contributed by atoms with van der Waals surface area (Å²) in [5.74, 6) is 0.393. The average molecular weight is 417 g/mol. The minimum atomic E-state index is -0.584. The molecule has 0 bridgehead atoms. The molecular weight excluding hydrogens is 398 g/mol. The molecule has 4 rings (SSSR count).